The summed E-state index contributed by atoms with van der Waals surface area (Å²) in [6, 6.07) is 13.1. The monoisotopic (exact) mass is 895 g/mol. The number of aromatic nitrogens is 1. The summed E-state index contributed by atoms with van der Waals surface area (Å²) in [5.74, 6) is -4.15. The summed E-state index contributed by atoms with van der Waals surface area (Å²) in [5, 5.41) is 54.4. The van der Waals surface area contributed by atoms with E-state index in [1.54, 1.807) is 11.8 Å². The predicted octanol–water partition coefficient (Wildman–Crippen LogP) is 2.63. The van der Waals surface area contributed by atoms with Gasteiger partial charge in [0, 0.05) is 23.5 Å². The molecule has 0 amide bonds. The number of carboxylic acid groups (broad SMARTS) is 6. The molecular formula is C42H69N7O12S. The van der Waals surface area contributed by atoms with Crippen LogP contribution in [-0.2, 0) is 41.6 Å². The molecule has 1 aliphatic heterocycles. The lowest BCUT2D eigenvalue weighted by Crippen LogP contribution is -2.36. The molecule has 4 rings (SSSR count). The number of carboxylic acids is 6. The number of H-pyrrole nitrogens is 1. The fourth-order valence-electron chi connectivity index (χ4n) is 4.95. The minimum Gasteiger partial charge on any atom is -0.480 e. The second-order valence-corrected chi connectivity index (χ2v) is 15.7. The molecule has 350 valence electrons. The molecule has 2 heterocycles. The van der Waals surface area contributed by atoms with Gasteiger partial charge in [0.15, 0.2) is 0 Å². The van der Waals surface area contributed by atoms with Gasteiger partial charge in [-0.3, -0.25) is 28.8 Å². The number of nitrogens with two attached hydrogens (primary N) is 5. The highest BCUT2D eigenvalue weighted by Crippen LogP contribution is 2.18. The number of rotatable bonds is 17. The van der Waals surface area contributed by atoms with Crippen LogP contribution in [0.25, 0.3) is 10.9 Å². The van der Waals surface area contributed by atoms with Gasteiger partial charge in [-0.1, -0.05) is 82.6 Å². The number of fused-ring (bicyclic) bond motifs is 1. The Hall–Kier alpha value is -5.09. The highest BCUT2D eigenvalue weighted by molar-refractivity contribution is 7.98. The Morgan fingerprint density at radius 3 is 1.61 bits per heavy atom. The Morgan fingerprint density at radius 1 is 0.710 bits per heavy atom. The largest absolute Gasteiger partial charge is 0.480 e. The lowest BCUT2D eigenvalue weighted by atomic mass is 10.0. The average molecular weight is 896 g/mol. The number of benzene rings is 2. The lowest BCUT2D eigenvalue weighted by molar-refractivity contribution is -0.140. The van der Waals surface area contributed by atoms with Crippen LogP contribution in [0.1, 0.15) is 70.9 Å². The summed E-state index contributed by atoms with van der Waals surface area (Å²) < 4.78 is 0. The molecule has 0 spiro atoms. The van der Waals surface area contributed by atoms with Crippen LogP contribution < -0.4 is 34.0 Å². The maximum Gasteiger partial charge on any atom is 0.320 e. The van der Waals surface area contributed by atoms with E-state index < -0.39 is 66.0 Å². The van der Waals surface area contributed by atoms with Crippen LogP contribution >= 0.6 is 11.8 Å². The molecule has 0 saturated carbocycles. The highest BCUT2D eigenvalue weighted by atomic mass is 32.2. The van der Waals surface area contributed by atoms with Gasteiger partial charge in [-0.2, -0.15) is 11.8 Å². The Kier molecular flexibility index (Phi) is 31.9. The van der Waals surface area contributed by atoms with Crippen molar-refractivity contribution in [1.82, 2.24) is 10.3 Å². The van der Waals surface area contributed by atoms with Crippen molar-refractivity contribution in [2.45, 2.75) is 109 Å². The van der Waals surface area contributed by atoms with Gasteiger partial charge in [0.05, 0.1) is 0 Å². The molecule has 6 unspecified atom stereocenters. The molecule has 3 aromatic rings. The van der Waals surface area contributed by atoms with Crippen molar-refractivity contribution in [2.24, 2.45) is 40.5 Å². The predicted molar refractivity (Wildman–Crippen MR) is 241 cm³/mol. The van der Waals surface area contributed by atoms with Gasteiger partial charge in [0.1, 0.15) is 36.3 Å². The van der Waals surface area contributed by atoms with Crippen LogP contribution in [0.15, 0.2) is 60.8 Å². The summed E-state index contributed by atoms with van der Waals surface area (Å²) in [6.45, 7) is 8.51. The maximum atomic E-state index is 10.6. The second-order valence-electron chi connectivity index (χ2n) is 14.7. The van der Waals surface area contributed by atoms with Gasteiger partial charge in [-0.05, 0) is 79.7 Å². The number of carbonyl (C=O) groups is 6. The maximum absolute atomic E-state index is 10.6. The second kappa shape index (κ2) is 33.5. The van der Waals surface area contributed by atoms with E-state index in [4.69, 9.17) is 59.3 Å². The smallest absolute Gasteiger partial charge is 0.320 e. The van der Waals surface area contributed by atoms with Gasteiger partial charge < -0.3 is 69.6 Å². The summed E-state index contributed by atoms with van der Waals surface area (Å²) >= 11 is 1.60. The van der Waals surface area contributed by atoms with Crippen LogP contribution in [0.2, 0.25) is 0 Å². The molecule has 1 aromatic heterocycles. The molecule has 2 aromatic carbocycles. The number of para-hydroxylation sites is 1. The number of aliphatic carboxylic acids is 6. The fraction of sp³-hybridized carbons (Fsp3) is 0.524. The van der Waals surface area contributed by atoms with Gasteiger partial charge in [0.2, 0.25) is 0 Å². The Morgan fingerprint density at radius 2 is 1.23 bits per heavy atom. The Labute approximate surface area is 367 Å². The van der Waals surface area contributed by atoms with E-state index in [1.807, 2.05) is 94.7 Å². The van der Waals surface area contributed by atoms with Gasteiger partial charge in [0.25, 0.3) is 0 Å². The fourth-order valence-corrected chi connectivity index (χ4v) is 5.44. The van der Waals surface area contributed by atoms with Crippen LogP contribution in [0, 0.1) is 11.8 Å². The molecule has 1 aliphatic rings. The molecule has 18 N–H and O–H groups in total. The van der Waals surface area contributed by atoms with Gasteiger partial charge in [-0.15, -0.1) is 0 Å². The molecule has 1 fully saturated rings. The number of hydrogen-bond acceptors (Lipinski definition) is 13. The SMILES string of the molecule is CC(C)CC(N)C(=O)O.CCC(C)C(N)C(=O)O.CSCCC(N)C(=O)O.NC(Cc1c[nH]c2ccccc12)C(=O)O.NC(Cc1ccccc1)C(=O)O.O=C(O)[C@@H]1CCCN1. The highest BCUT2D eigenvalue weighted by Gasteiger charge is 2.20. The van der Waals surface area contributed by atoms with Crippen molar-refractivity contribution in [3.05, 3.63) is 71.9 Å². The topological polar surface area (TPSA) is 382 Å². The number of thioether (sulfide) groups is 1. The normalized spacial score (nSPS) is 15.5. The van der Waals surface area contributed by atoms with Crippen LogP contribution in [0.4, 0.5) is 0 Å². The third-order valence-corrected chi connectivity index (χ3v) is 9.58. The zero-order chi connectivity index (χ0) is 47.9. The summed E-state index contributed by atoms with van der Waals surface area (Å²) in [4.78, 5) is 64.6. The van der Waals surface area contributed by atoms with Crippen LogP contribution in [0.5, 0.6) is 0 Å². The first-order valence-electron chi connectivity index (χ1n) is 20.0. The molecule has 20 heteroatoms. The first-order valence-corrected chi connectivity index (χ1v) is 21.4. The van der Waals surface area contributed by atoms with E-state index in [2.05, 4.69) is 10.3 Å². The summed E-state index contributed by atoms with van der Waals surface area (Å²) in [7, 11) is 0. The number of hydrogen-bond donors (Lipinski definition) is 13. The molecule has 7 atom stereocenters. The van der Waals surface area contributed by atoms with E-state index in [1.165, 1.54) is 0 Å². The third-order valence-electron chi connectivity index (χ3n) is 8.94. The van der Waals surface area contributed by atoms with Gasteiger partial charge >= 0.3 is 35.8 Å². The Bertz CT molecular complexity index is 1740. The summed E-state index contributed by atoms with van der Waals surface area (Å²) in [5.41, 5.74) is 29.4. The first-order chi connectivity index (χ1) is 29.0. The molecule has 0 radical (unpaired) electrons. The minimum absolute atomic E-state index is 0.0718. The quantitative estimate of drug-likeness (QED) is 0.0926. The first kappa shape index (κ1) is 59.0. The number of aromatic amines is 1. The van der Waals surface area contributed by atoms with Crippen molar-refractivity contribution in [3.63, 3.8) is 0 Å². The lowest BCUT2D eigenvalue weighted by Gasteiger charge is -2.11. The molecule has 1 saturated heterocycles. The minimum atomic E-state index is -0.972. The standard InChI is InChI=1S/C11H12N2O2.C9H11NO2.2C6H13NO2.C5H11NO2S.C5H9NO2/c12-9(11(14)15)5-7-6-13-10-4-2-1-3-8(7)10;10-8(9(11)12)6-7-4-2-1-3-5-7;1-4(2)3-5(7)6(8)9;1-3-4(2)5(7)6(8)9;1-9-3-2-4(6)5(7)8;7-5(8)4-2-1-3-6-4/h1-4,6,9,13H,5,12H2,(H,14,15);1-5,8H,6,10H2,(H,11,12);2*4-5H,3,7H2,1-2H3,(H,8,9);4H,2-3,6H2,1H3,(H,7,8);4,6H,1-3H2,(H,7,8)/t;;;;;4-/m.....0/s1. The molecule has 0 aliphatic carbocycles. The van der Waals surface area contributed by atoms with Crippen molar-refractivity contribution in [1.29, 1.82) is 0 Å². The van der Waals surface area contributed by atoms with E-state index in [-0.39, 0.29) is 12.0 Å². The van der Waals surface area contributed by atoms with E-state index in [0.29, 0.717) is 31.6 Å². The van der Waals surface area contributed by atoms with Crippen molar-refractivity contribution in [3.8, 4) is 0 Å². The van der Waals surface area contributed by atoms with E-state index in [0.717, 1.165) is 53.6 Å². The van der Waals surface area contributed by atoms with Crippen molar-refractivity contribution < 1.29 is 59.4 Å². The summed E-state index contributed by atoms with van der Waals surface area (Å²) in [6.07, 6.45) is 8.17. The zero-order valence-electron chi connectivity index (χ0n) is 36.2. The molecule has 62 heavy (non-hydrogen) atoms. The zero-order valence-corrected chi connectivity index (χ0v) is 37.0. The molecule has 19 nitrogen and oxygen atoms in total. The number of nitrogens with one attached hydrogen (secondary N) is 2. The van der Waals surface area contributed by atoms with Crippen LogP contribution in [-0.4, -0.2) is 126 Å². The Balaban J connectivity index is 0. The van der Waals surface area contributed by atoms with Crippen molar-refractivity contribution >= 4 is 58.5 Å². The van der Waals surface area contributed by atoms with Gasteiger partial charge in [-0.25, -0.2) is 0 Å². The molecule has 0 bridgehead atoms. The average Bonchev–Trinajstić information content (AvgIpc) is 3.92. The van der Waals surface area contributed by atoms with Crippen molar-refractivity contribution in [2.75, 3.05) is 18.6 Å². The van der Waals surface area contributed by atoms with Crippen LogP contribution in [0.3, 0.4) is 0 Å². The molecular weight excluding hydrogens is 827 g/mol. The van der Waals surface area contributed by atoms with E-state index in [9.17, 15) is 28.8 Å². The third kappa shape index (κ3) is 27.7. The van der Waals surface area contributed by atoms with E-state index >= 15 is 0 Å².